The van der Waals surface area contributed by atoms with E-state index in [0.717, 1.165) is 11.1 Å². The third-order valence-electron chi connectivity index (χ3n) is 3.98. The second kappa shape index (κ2) is 7.73. The van der Waals surface area contributed by atoms with E-state index in [1.807, 2.05) is 66.7 Å². The van der Waals surface area contributed by atoms with Crippen LogP contribution in [0.4, 0.5) is 0 Å². The van der Waals surface area contributed by atoms with Crippen LogP contribution in [0.1, 0.15) is 28.8 Å². The molecule has 0 saturated carbocycles. The van der Waals surface area contributed by atoms with Gasteiger partial charge in [0.2, 0.25) is 0 Å². The van der Waals surface area contributed by atoms with E-state index in [-0.39, 0.29) is 6.04 Å². The highest BCUT2D eigenvalue weighted by Gasteiger charge is 2.22. The molecule has 0 aliphatic heterocycles. The van der Waals surface area contributed by atoms with Crippen LogP contribution < -0.4 is 5.32 Å². The Balaban J connectivity index is 1.82. The molecule has 0 aromatic heterocycles. The summed E-state index contributed by atoms with van der Waals surface area (Å²) >= 11 is 0. The fourth-order valence-electron chi connectivity index (χ4n) is 2.74. The molecule has 3 rings (SSSR count). The van der Waals surface area contributed by atoms with Gasteiger partial charge in [-0.15, -0.1) is 0 Å². The van der Waals surface area contributed by atoms with Crippen LogP contribution in [-0.2, 0) is 6.54 Å². The van der Waals surface area contributed by atoms with Crippen molar-refractivity contribution in [2.24, 2.45) is 0 Å². The summed E-state index contributed by atoms with van der Waals surface area (Å²) in [5, 5.41) is 14.3. The maximum atomic E-state index is 10.8. The van der Waals surface area contributed by atoms with Crippen molar-refractivity contribution in [3.63, 3.8) is 0 Å². The largest absolute Gasteiger partial charge is 0.386 e. The molecule has 0 aliphatic rings. The molecule has 3 aromatic carbocycles. The lowest BCUT2D eigenvalue weighted by molar-refractivity contribution is 0.127. The Labute approximate surface area is 137 Å². The zero-order valence-electron chi connectivity index (χ0n) is 13.0. The molecule has 2 N–H and O–H groups in total. The number of hydrogen-bond acceptors (Lipinski definition) is 2. The standard InChI is InChI=1S/C21H21NO/c23-21(19-14-8-3-9-15-19)20(18-12-6-2-7-13-18)22-16-17-10-4-1-5-11-17/h1-15,20-23H,16H2/t20-,21-/m1/s1. The summed E-state index contributed by atoms with van der Waals surface area (Å²) in [5.74, 6) is 0. The Morgan fingerprint density at radius 3 is 1.70 bits per heavy atom. The zero-order chi connectivity index (χ0) is 15.9. The van der Waals surface area contributed by atoms with E-state index in [4.69, 9.17) is 0 Å². The lowest BCUT2D eigenvalue weighted by atomic mass is 9.95. The van der Waals surface area contributed by atoms with Crippen LogP contribution in [0.5, 0.6) is 0 Å². The smallest absolute Gasteiger partial charge is 0.0984 e. The van der Waals surface area contributed by atoms with Gasteiger partial charge in [0, 0.05) is 6.54 Å². The Bertz CT molecular complexity index is 698. The minimum absolute atomic E-state index is 0.154. The van der Waals surface area contributed by atoms with Gasteiger partial charge in [-0.05, 0) is 16.7 Å². The summed E-state index contributed by atoms with van der Waals surface area (Å²) in [6.45, 7) is 0.713. The lowest BCUT2D eigenvalue weighted by Crippen LogP contribution is -2.27. The van der Waals surface area contributed by atoms with E-state index in [1.165, 1.54) is 5.56 Å². The molecule has 0 spiro atoms. The Morgan fingerprint density at radius 1 is 0.652 bits per heavy atom. The third-order valence-corrected chi connectivity index (χ3v) is 3.98. The third kappa shape index (κ3) is 4.07. The first-order valence-electron chi connectivity index (χ1n) is 7.90. The van der Waals surface area contributed by atoms with E-state index in [2.05, 4.69) is 29.6 Å². The van der Waals surface area contributed by atoms with E-state index >= 15 is 0 Å². The molecule has 0 fully saturated rings. The second-order valence-corrected chi connectivity index (χ2v) is 5.61. The predicted molar refractivity (Wildman–Crippen MR) is 93.9 cm³/mol. The van der Waals surface area contributed by atoms with E-state index in [0.29, 0.717) is 6.54 Å². The number of aliphatic hydroxyl groups excluding tert-OH is 1. The van der Waals surface area contributed by atoms with Crippen molar-refractivity contribution in [3.05, 3.63) is 108 Å². The van der Waals surface area contributed by atoms with Crippen LogP contribution in [0.3, 0.4) is 0 Å². The van der Waals surface area contributed by atoms with Crippen molar-refractivity contribution >= 4 is 0 Å². The van der Waals surface area contributed by atoms with Crippen molar-refractivity contribution < 1.29 is 5.11 Å². The van der Waals surface area contributed by atoms with Crippen LogP contribution in [0.2, 0.25) is 0 Å². The molecule has 116 valence electrons. The van der Waals surface area contributed by atoms with Gasteiger partial charge in [-0.3, -0.25) is 0 Å². The molecule has 0 amide bonds. The van der Waals surface area contributed by atoms with Crippen molar-refractivity contribution in [2.45, 2.75) is 18.7 Å². The van der Waals surface area contributed by atoms with Gasteiger partial charge < -0.3 is 10.4 Å². The monoisotopic (exact) mass is 303 g/mol. The average molecular weight is 303 g/mol. The molecule has 0 aliphatic carbocycles. The first kappa shape index (κ1) is 15.5. The van der Waals surface area contributed by atoms with Gasteiger partial charge in [0.15, 0.2) is 0 Å². The van der Waals surface area contributed by atoms with Crippen LogP contribution in [0.25, 0.3) is 0 Å². The average Bonchev–Trinajstić information content (AvgIpc) is 2.64. The van der Waals surface area contributed by atoms with Gasteiger partial charge in [0.25, 0.3) is 0 Å². The fourth-order valence-corrected chi connectivity index (χ4v) is 2.74. The minimum atomic E-state index is -0.595. The maximum Gasteiger partial charge on any atom is 0.0984 e. The number of nitrogens with one attached hydrogen (secondary N) is 1. The molecule has 2 atom stereocenters. The molecule has 0 heterocycles. The number of hydrogen-bond donors (Lipinski definition) is 2. The Morgan fingerprint density at radius 2 is 1.13 bits per heavy atom. The molecular formula is C21H21NO. The molecule has 0 radical (unpaired) electrons. The highest BCUT2D eigenvalue weighted by atomic mass is 16.3. The second-order valence-electron chi connectivity index (χ2n) is 5.61. The van der Waals surface area contributed by atoms with Crippen LogP contribution in [0, 0.1) is 0 Å². The van der Waals surface area contributed by atoms with Crippen molar-refractivity contribution in [1.29, 1.82) is 0 Å². The van der Waals surface area contributed by atoms with Crippen molar-refractivity contribution in [3.8, 4) is 0 Å². The van der Waals surface area contributed by atoms with Gasteiger partial charge >= 0.3 is 0 Å². The number of benzene rings is 3. The van der Waals surface area contributed by atoms with Crippen LogP contribution >= 0.6 is 0 Å². The van der Waals surface area contributed by atoms with Gasteiger partial charge in [0.05, 0.1) is 12.1 Å². The number of rotatable bonds is 6. The molecule has 0 saturated heterocycles. The topological polar surface area (TPSA) is 32.3 Å². The van der Waals surface area contributed by atoms with Gasteiger partial charge in [0.1, 0.15) is 0 Å². The summed E-state index contributed by atoms with van der Waals surface area (Å²) in [6.07, 6.45) is -0.595. The predicted octanol–water partition coefficient (Wildman–Crippen LogP) is 4.25. The quantitative estimate of drug-likeness (QED) is 0.713. The highest BCUT2D eigenvalue weighted by molar-refractivity contribution is 5.26. The van der Waals surface area contributed by atoms with Gasteiger partial charge in [-0.25, -0.2) is 0 Å². The summed E-state index contributed by atoms with van der Waals surface area (Å²) in [7, 11) is 0. The molecule has 23 heavy (non-hydrogen) atoms. The summed E-state index contributed by atoms with van der Waals surface area (Å²) in [5.41, 5.74) is 3.20. The summed E-state index contributed by atoms with van der Waals surface area (Å²) < 4.78 is 0. The molecular weight excluding hydrogens is 282 g/mol. The molecule has 0 bridgehead atoms. The maximum absolute atomic E-state index is 10.8. The molecule has 2 nitrogen and oxygen atoms in total. The summed E-state index contributed by atoms with van der Waals surface area (Å²) in [6, 6.07) is 30.0. The van der Waals surface area contributed by atoms with Crippen LogP contribution in [0.15, 0.2) is 91.0 Å². The van der Waals surface area contributed by atoms with E-state index in [9.17, 15) is 5.11 Å². The number of aliphatic hydroxyl groups is 1. The van der Waals surface area contributed by atoms with Gasteiger partial charge in [-0.2, -0.15) is 0 Å². The minimum Gasteiger partial charge on any atom is -0.386 e. The van der Waals surface area contributed by atoms with Crippen LogP contribution in [-0.4, -0.2) is 5.11 Å². The summed E-state index contributed by atoms with van der Waals surface area (Å²) in [4.78, 5) is 0. The van der Waals surface area contributed by atoms with Gasteiger partial charge in [-0.1, -0.05) is 91.0 Å². The molecule has 0 unspecified atom stereocenters. The molecule has 2 heteroatoms. The van der Waals surface area contributed by atoms with E-state index in [1.54, 1.807) is 0 Å². The van der Waals surface area contributed by atoms with E-state index < -0.39 is 6.10 Å². The first-order chi connectivity index (χ1) is 11.3. The zero-order valence-corrected chi connectivity index (χ0v) is 13.0. The highest BCUT2D eigenvalue weighted by Crippen LogP contribution is 2.28. The Hall–Kier alpha value is -2.42. The fraction of sp³-hybridized carbons (Fsp3) is 0.143. The Kier molecular flexibility index (Phi) is 5.20. The SMILES string of the molecule is O[C@H](c1ccccc1)[C@H](NCc1ccccc1)c1ccccc1. The first-order valence-corrected chi connectivity index (χ1v) is 7.90. The van der Waals surface area contributed by atoms with Crippen molar-refractivity contribution in [2.75, 3.05) is 0 Å². The molecule has 3 aromatic rings. The lowest BCUT2D eigenvalue weighted by Gasteiger charge is -2.25. The normalized spacial score (nSPS) is 13.4. The van der Waals surface area contributed by atoms with Crippen molar-refractivity contribution in [1.82, 2.24) is 5.32 Å².